The summed E-state index contributed by atoms with van der Waals surface area (Å²) in [5.74, 6) is -5.90. The fourth-order valence-electron chi connectivity index (χ4n) is 0.171. The van der Waals surface area contributed by atoms with E-state index in [1.54, 1.807) is 0 Å². The average Bonchev–Trinajstić information content (AvgIpc) is 1.58. The molecule has 0 aliphatic carbocycles. The second kappa shape index (κ2) is 2.24. The molecule has 0 aromatic carbocycles. The van der Waals surface area contributed by atoms with E-state index in [-0.39, 0.29) is 0 Å². The third kappa shape index (κ3) is 1.74. The van der Waals surface area contributed by atoms with Gasteiger partial charge in [0.2, 0.25) is 0 Å². The quantitative estimate of drug-likeness (QED) is 0.591. The van der Waals surface area contributed by atoms with Crippen molar-refractivity contribution in [3.8, 4) is 0 Å². The van der Waals surface area contributed by atoms with Gasteiger partial charge < -0.3 is 10.2 Å². The Bertz CT molecular complexity index is 127. The van der Waals surface area contributed by atoms with Crippen molar-refractivity contribution >= 4 is 0 Å². The van der Waals surface area contributed by atoms with Gasteiger partial charge in [-0.15, -0.1) is 0 Å². The molecule has 0 spiro atoms. The molecular weight excluding hydrogens is 182 g/mol. The highest BCUT2D eigenvalue weighted by atomic mass is 19.4. The molecule has 0 aromatic rings. The third-order valence-corrected chi connectivity index (χ3v) is 0.774. The molecule has 2 N–H and O–H groups in total. The number of alkyl halides is 6. The summed E-state index contributed by atoms with van der Waals surface area (Å²) in [6.07, 6.45) is -12.1. The molecule has 8 heteroatoms. The lowest BCUT2D eigenvalue weighted by atomic mass is 10.3. The Morgan fingerprint density at radius 2 is 1.00 bits per heavy atom. The SMILES string of the molecule is OC(F)(F)C(O)(F)C(F)(F)F. The minimum absolute atomic E-state index is 5.86. The summed E-state index contributed by atoms with van der Waals surface area (Å²) in [6, 6.07) is 0. The molecule has 0 saturated heterocycles. The Hall–Kier alpha value is -0.500. The van der Waals surface area contributed by atoms with Gasteiger partial charge in [0.15, 0.2) is 0 Å². The van der Waals surface area contributed by atoms with E-state index in [0.717, 1.165) is 0 Å². The summed E-state index contributed by atoms with van der Waals surface area (Å²) in [5.41, 5.74) is 0. The highest BCUT2D eigenvalue weighted by Crippen LogP contribution is 2.41. The summed E-state index contributed by atoms with van der Waals surface area (Å²) in [5, 5.41) is 14.6. The summed E-state index contributed by atoms with van der Waals surface area (Å²) in [4.78, 5) is 0. The molecule has 0 heterocycles. The van der Waals surface area contributed by atoms with Crippen LogP contribution < -0.4 is 0 Å². The Kier molecular flexibility index (Phi) is 2.14. The molecule has 0 saturated carbocycles. The predicted molar refractivity (Wildman–Crippen MR) is 19.3 cm³/mol. The Morgan fingerprint density at radius 1 is 0.727 bits per heavy atom. The van der Waals surface area contributed by atoms with Crippen LogP contribution in [0.3, 0.4) is 0 Å². The summed E-state index contributed by atoms with van der Waals surface area (Å²) in [7, 11) is 0. The maximum absolute atomic E-state index is 11.5. The van der Waals surface area contributed by atoms with Crippen molar-refractivity contribution in [3.63, 3.8) is 0 Å². The van der Waals surface area contributed by atoms with Crippen LogP contribution in [0, 0.1) is 0 Å². The number of hydrogen-bond acceptors (Lipinski definition) is 2. The standard InChI is InChI=1S/C3H2F6O2/c4-1(10,2(5,6)7)3(8,9)11/h10-11H. The summed E-state index contributed by atoms with van der Waals surface area (Å²) < 4.78 is 67.1. The first-order valence-corrected chi connectivity index (χ1v) is 2.08. The van der Waals surface area contributed by atoms with Crippen LogP contribution in [0.4, 0.5) is 26.3 Å². The lowest BCUT2D eigenvalue weighted by Gasteiger charge is -2.25. The number of aliphatic hydroxyl groups is 2. The van der Waals surface area contributed by atoms with Gasteiger partial charge >= 0.3 is 18.1 Å². The van der Waals surface area contributed by atoms with E-state index in [1.165, 1.54) is 0 Å². The van der Waals surface area contributed by atoms with Crippen molar-refractivity contribution in [2.45, 2.75) is 18.1 Å². The molecule has 1 unspecified atom stereocenters. The van der Waals surface area contributed by atoms with Crippen molar-refractivity contribution in [1.29, 1.82) is 0 Å². The molecule has 0 bridgehead atoms. The lowest BCUT2D eigenvalue weighted by molar-refractivity contribution is -0.438. The van der Waals surface area contributed by atoms with E-state index in [1.807, 2.05) is 0 Å². The fraction of sp³-hybridized carbons (Fsp3) is 1.00. The Balaban J connectivity index is 4.75. The fourth-order valence-corrected chi connectivity index (χ4v) is 0.171. The topological polar surface area (TPSA) is 40.5 Å². The van der Waals surface area contributed by atoms with Crippen LogP contribution in [-0.4, -0.2) is 28.4 Å². The molecule has 0 aliphatic heterocycles. The maximum Gasteiger partial charge on any atom is 0.457 e. The van der Waals surface area contributed by atoms with Gasteiger partial charge in [-0.05, 0) is 0 Å². The van der Waals surface area contributed by atoms with Crippen LogP contribution in [0.25, 0.3) is 0 Å². The van der Waals surface area contributed by atoms with Gasteiger partial charge in [0.1, 0.15) is 0 Å². The highest BCUT2D eigenvalue weighted by Gasteiger charge is 2.71. The van der Waals surface area contributed by atoms with Crippen LogP contribution in [0.15, 0.2) is 0 Å². The molecule has 11 heavy (non-hydrogen) atoms. The molecule has 0 radical (unpaired) electrons. The number of rotatable bonds is 1. The molecule has 0 amide bonds. The van der Waals surface area contributed by atoms with Crippen LogP contribution in [0.1, 0.15) is 0 Å². The van der Waals surface area contributed by atoms with Gasteiger partial charge in [-0.25, -0.2) is 0 Å². The maximum atomic E-state index is 11.5. The smallest absolute Gasteiger partial charge is 0.348 e. The van der Waals surface area contributed by atoms with Crippen molar-refractivity contribution < 1.29 is 36.6 Å². The molecule has 0 rings (SSSR count). The molecule has 2 nitrogen and oxygen atoms in total. The van der Waals surface area contributed by atoms with Gasteiger partial charge in [0.05, 0.1) is 0 Å². The van der Waals surface area contributed by atoms with Gasteiger partial charge in [0, 0.05) is 0 Å². The Labute approximate surface area is 56.1 Å². The largest absolute Gasteiger partial charge is 0.457 e. The van der Waals surface area contributed by atoms with E-state index >= 15 is 0 Å². The van der Waals surface area contributed by atoms with Crippen LogP contribution >= 0.6 is 0 Å². The van der Waals surface area contributed by atoms with E-state index in [9.17, 15) is 26.3 Å². The third-order valence-electron chi connectivity index (χ3n) is 0.774. The number of halogens is 6. The molecule has 0 aliphatic rings. The first-order valence-electron chi connectivity index (χ1n) is 2.08. The van der Waals surface area contributed by atoms with Crippen molar-refractivity contribution in [3.05, 3.63) is 0 Å². The van der Waals surface area contributed by atoms with Gasteiger partial charge in [-0.1, -0.05) is 0 Å². The monoisotopic (exact) mass is 184 g/mol. The lowest BCUT2D eigenvalue weighted by Crippen LogP contribution is -2.55. The normalized spacial score (nSPS) is 19.6. The first kappa shape index (κ1) is 10.5. The first-order chi connectivity index (χ1) is 4.50. The molecular formula is C3H2F6O2. The van der Waals surface area contributed by atoms with Gasteiger partial charge in [0.25, 0.3) is 0 Å². The second-order valence-corrected chi connectivity index (χ2v) is 1.66. The minimum atomic E-state index is -6.23. The van der Waals surface area contributed by atoms with E-state index in [0.29, 0.717) is 0 Å². The molecule has 1 atom stereocenters. The van der Waals surface area contributed by atoms with Crippen LogP contribution in [0.5, 0.6) is 0 Å². The van der Waals surface area contributed by atoms with Gasteiger partial charge in [-0.3, -0.25) is 0 Å². The van der Waals surface area contributed by atoms with Crippen molar-refractivity contribution in [2.24, 2.45) is 0 Å². The zero-order valence-electron chi connectivity index (χ0n) is 4.66. The zero-order chi connectivity index (χ0) is 9.50. The number of hydrogen-bond donors (Lipinski definition) is 2. The van der Waals surface area contributed by atoms with Crippen molar-refractivity contribution in [2.75, 3.05) is 0 Å². The summed E-state index contributed by atoms with van der Waals surface area (Å²) >= 11 is 0. The summed E-state index contributed by atoms with van der Waals surface area (Å²) in [6.45, 7) is 0. The van der Waals surface area contributed by atoms with Crippen LogP contribution in [-0.2, 0) is 0 Å². The van der Waals surface area contributed by atoms with Gasteiger partial charge in [-0.2, -0.15) is 26.3 Å². The van der Waals surface area contributed by atoms with Crippen LogP contribution in [0.2, 0.25) is 0 Å². The molecule has 0 aromatic heterocycles. The van der Waals surface area contributed by atoms with E-state index in [2.05, 4.69) is 0 Å². The molecule has 68 valence electrons. The Morgan fingerprint density at radius 3 is 1.00 bits per heavy atom. The molecule has 0 fully saturated rings. The average molecular weight is 184 g/mol. The van der Waals surface area contributed by atoms with E-state index in [4.69, 9.17) is 10.2 Å². The predicted octanol–water partition coefficient (Wildman–Crippen LogP) is 0.792. The minimum Gasteiger partial charge on any atom is -0.348 e. The van der Waals surface area contributed by atoms with Crippen molar-refractivity contribution in [1.82, 2.24) is 0 Å². The second-order valence-electron chi connectivity index (χ2n) is 1.66. The zero-order valence-corrected chi connectivity index (χ0v) is 4.66. The van der Waals surface area contributed by atoms with E-state index < -0.39 is 18.1 Å². The highest BCUT2D eigenvalue weighted by molar-refractivity contribution is 4.82.